The summed E-state index contributed by atoms with van der Waals surface area (Å²) in [6, 6.07) is 34.0. The number of benzene rings is 4. The number of nitrogens with zero attached hydrogens (tertiary/aromatic N) is 3. The molecule has 4 atom stereocenters. The first-order chi connectivity index (χ1) is 22.8. The van der Waals surface area contributed by atoms with Crippen LogP contribution in [0.4, 0.5) is 5.69 Å². The van der Waals surface area contributed by atoms with Crippen molar-refractivity contribution in [1.29, 1.82) is 0 Å². The van der Waals surface area contributed by atoms with Gasteiger partial charge in [0.25, 0.3) is 18.3 Å². The van der Waals surface area contributed by atoms with Gasteiger partial charge in [0.2, 0.25) is 11.8 Å². The van der Waals surface area contributed by atoms with Crippen LogP contribution >= 0.6 is 15.9 Å². The number of likely N-dealkylation sites (N-methyl/N-ethyl adjacent to an activating group) is 1. The fourth-order valence-electron chi connectivity index (χ4n) is 7.90. The number of alkyl halides is 1. The van der Waals surface area contributed by atoms with Crippen molar-refractivity contribution in [2.24, 2.45) is 0 Å². The molecular weight excluding hydrogens is 706 g/mol. The van der Waals surface area contributed by atoms with Crippen LogP contribution in [0.2, 0.25) is 5.04 Å². The first-order valence-electron chi connectivity index (χ1n) is 16.1. The molecule has 0 aromatic heterocycles. The molecule has 0 radical (unpaired) electrons. The normalized spacial score (nSPS) is 24.0. The molecular formula is C37H38BrN3O5SSi. The number of halogens is 1. The van der Waals surface area contributed by atoms with Gasteiger partial charge in [0.15, 0.2) is 0 Å². The monoisotopic (exact) mass is 743 g/mol. The van der Waals surface area contributed by atoms with Gasteiger partial charge in [0, 0.05) is 13.5 Å². The molecule has 8 nitrogen and oxygen atoms in total. The van der Waals surface area contributed by atoms with E-state index in [0.717, 1.165) is 15.9 Å². The predicted molar refractivity (Wildman–Crippen MR) is 192 cm³/mol. The van der Waals surface area contributed by atoms with Crippen molar-refractivity contribution in [3.05, 3.63) is 121 Å². The van der Waals surface area contributed by atoms with Gasteiger partial charge in [-0.2, -0.15) is 0 Å². The molecule has 3 aliphatic rings. The van der Waals surface area contributed by atoms with Gasteiger partial charge in [-0.1, -0.05) is 134 Å². The van der Waals surface area contributed by atoms with Crippen molar-refractivity contribution in [2.75, 3.05) is 18.0 Å². The maximum Gasteiger partial charge on any atom is 0.266 e. The quantitative estimate of drug-likeness (QED) is 0.200. The smallest absolute Gasteiger partial charge is 0.266 e. The van der Waals surface area contributed by atoms with Gasteiger partial charge in [0.05, 0.1) is 21.5 Å². The summed E-state index contributed by atoms with van der Waals surface area (Å²) in [6.45, 7) is 6.44. The van der Waals surface area contributed by atoms with E-state index in [0.29, 0.717) is 5.69 Å². The van der Waals surface area contributed by atoms with Crippen molar-refractivity contribution < 1.29 is 22.4 Å². The highest BCUT2D eigenvalue weighted by molar-refractivity contribution is 9.09. The molecule has 0 N–H and O–H groups in total. The van der Waals surface area contributed by atoms with Crippen LogP contribution in [0.25, 0.3) is 0 Å². The fourth-order valence-corrected chi connectivity index (χ4v) is 15.4. The maximum atomic E-state index is 14.9. The summed E-state index contributed by atoms with van der Waals surface area (Å²) in [7, 11) is -5.54. The highest BCUT2D eigenvalue weighted by Gasteiger charge is 2.67. The number of para-hydroxylation sites is 1. The van der Waals surface area contributed by atoms with Crippen molar-refractivity contribution in [3.8, 4) is 0 Å². The zero-order valence-corrected chi connectivity index (χ0v) is 30.7. The largest absolute Gasteiger partial charge is 0.405 e. The van der Waals surface area contributed by atoms with Gasteiger partial charge in [-0.05, 0) is 39.2 Å². The molecule has 0 spiro atoms. The summed E-state index contributed by atoms with van der Waals surface area (Å²) < 4.78 is 36.4. The Kier molecular flexibility index (Phi) is 7.97. The summed E-state index contributed by atoms with van der Waals surface area (Å²) in [5.41, 5.74) is 1.22. The second kappa shape index (κ2) is 11.7. The Labute approximate surface area is 291 Å². The van der Waals surface area contributed by atoms with Gasteiger partial charge in [-0.3, -0.25) is 9.59 Å². The number of anilines is 1. The second-order valence-electron chi connectivity index (χ2n) is 13.8. The van der Waals surface area contributed by atoms with Crippen LogP contribution in [0.15, 0.2) is 120 Å². The van der Waals surface area contributed by atoms with E-state index in [1.807, 2.05) is 48.5 Å². The number of sulfonamides is 1. The molecule has 0 unspecified atom stereocenters. The van der Waals surface area contributed by atoms with Crippen LogP contribution in [0.1, 0.15) is 32.8 Å². The third kappa shape index (κ3) is 4.73. The number of piperazine rings is 1. The summed E-state index contributed by atoms with van der Waals surface area (Å²) in [4.78, 5) is 32.2. The highest BCUT2D eigenvalue weighted by Crippen LogP contribution is 2.60. The Balaban J connectivity index is 1.31. The first kappa shape index (κ1) is 32.8. The van der Waals surface area contributed by atoms with Crippen LogP contribution in [-0.4, -0.2) is 70.3 Å². The average Bonchev–Trinajstić information content (AvgIpc) is 3.53. The SMILES string of the molecule is CN1C(=O)[C@@H]2C[C@]3(Br)c4ccccc4N(S(=O)(=O)c4ccccc4)[C@@H]3N2C(=O)[C@@H]1CO[Si](c1ccccc1)(c1ccccc1)C(C)(C)C. The van der Waals surface area contributed by atoms with Crippen molar-refractivity contribution in [1.82, 2.24) is 9.80 Å². The number of carbonyl (C=O) groups excluding carboxylic acids is 2. The second-order valence-corrected chi connectivity index (χ2v) is 21.3. The zero-order valence-electron chi connectivity index (χ0n) is 27.3. The number of hydrogen-bond acceptors (Lipinski definition) is 5. The fraction of sp³-hybridized carbons (Fsp3) is 0.297. The molecule has 48 heavy (non-hydrogen) atoms. The van der Waals surface area contributed by atoms with Gasteiger partial charge >= 0.3 is 0 Å². The molecule has 0 aliphatic carbocycles. The molecule has 3 heterocycles. The molecule has 0 saturated carbocycles. The maximum absolute atomic E-state index is 14.9. The topological polar surface area (TPSA) is 87.2 Å². The third-order valence-corrected chi connectivity index (χ3v) is 18.1. The Hall–Kier alpha value is -3.77. The number of fused-ring (bicyclic) bond motifs is 5. The van der Waals surface area contributed by atoms with E-state index in [9.17, 15) is 18.0 Å². The summed E-state index contributed by atoms with van der Waals surface area (Å²) in [5, 5.41) is 1.78. The van der Waals surface area contributed by atoms with Crippen LogP contribution in [-0.2, 0) is 28.4 Å². The minimum absolute atomic E-state index is 0.0437. The zero-order chi connectivity index (χ0) is 34.1. The van der Waals surface area contributed by atoms with E-state index in [1.165, 1.54) is 14.1 Å². The van der Waals surface area contributed by atoms with E-state index >= 15 is 0 Å². The molecule has 4 aromatic rings. The Bertz CT molecular complexity index is 1940. The lowest BCUT2D eigenvalue weighted by Crippen LogP contribution is -2.70. The van der Waals surface area contributed by atoms with Crippen molar-refractivity contribution in [3.63, 3.8) is 0 Å². The highest BCUT2D eigenvalue weighted by atomic mass is 79.9. The van der Waals surface area contributed by atoms with E-state index in [4.69, 9.17) is 4.43 Å². The molecule has 248 valence electrons. The van der Waals surface area contributed by atoms with E-state index in [2.05, 4.69) is 61.0 Å². The Morgan fingerprint density at radius 3 is 1.90 bits per heavy atom. The van der Waals surface area contributed by atoms with Gasteiger partial charge in [-0.25, -0.2) is 12.7 Å². The number of rotatable bonds is 7. The third-order valence-electron chi connectivity index (χ3n) is 10.1. The van der Waals surface area contributed by atoms with Crippen LogP contribution in [0.5, 0.6) is 0 Å². The molecule has 0 bridgehead atoms. The summed E-state index contributed by atoms with van der Waals surface area (Å²) in [5.74, 6) is -0.583. The number of amides is 2. The minimum atomic E-state index is -4.13. The molecule has 4 aromatic carbocycles. The summed E-state index contributed by atoms with van der Waals surface area (Å²) >= 11 is 3.92. The van der Waals surface area contributed by atoms with Crippen LogP contribution in [0, 0.1) is 0 Å². The molecule has 2 fully saturated rings. The Morgan fingerprint density at radius 2 is 1.33 bits per heavy atom. The van der Waals surface area contributed by atoms with Gasteiger partial charge in [0.1, 0.15) is 18.2 Å². The van der Waals surface area contributed by atoms with Gasteiger partial charge < -0.3 is 14.2 Å². The molecule has 7 rings (SSSR count). The lowest BCUT2D eigenvalue weighted by atomic mass is 9.95. The first-order valence-corrected chi connectivity index (χ1v) is 20.2. The van der Waals surface area contributed by atoms with Crippen molar-refractivity contribution >= 4 is 62.1 Å². The van der Waals surface area contributed by atoms with Crippen LogP contribution < -0.4 is 14.7 Å². The lowest BCUT2D eigenvalue weighted by Gasteiger charge is -2.47. The molecule has 11 heteroatoms. The van der Waals surface area contributed by atoms with Crippen molar-refractivity contribution in [2.45, 2.75) is 59.7 Å². The predicted octanol–water partition coefficient (Wildman–Crippen LogP) is 4.83. The minimum Gasteiger partial charge on any atom is -0.405 e. The standard InChI is InChI=1S/C37H38BrN3O5SSi/c1-36(2,3)48(27-18-10-6-11-19-27,28-20-12-7-13-21-28)46-25-32-34(43)40-31(33(42)39(32)4)24-37(38)29-22-14-15-23-30(29)41(35(37)40)47(44,45)26-16-8-5-9-17-26/h5-23,31-32,35H,24-25H2,1-4H3/t31-,32-,35-,37-/m0/s1. The van der Waals surface area contributed by atoms with E-state index < -0.39 is 40.9 Å². The molecule has 2 amide bonds. The van der Waals surface area contributed by atoms with E-state index in [-0.39, 0.29) is 34.8 Å². The lowest BCUT2D eigenvalue weighted by molar-refractivity contribution is -0.160. The van der Waals surface area contributed by atoms with Crippen LogP contribution in [0.3, 0.4) is 0 Å². The van der Waals surface area contributed by atoms with E-state index in [1.54, 1.807) is 49.5 Å². The molecule has 2 saturated heterocycles. The molecule has 3 aliphatic heterocycles. The summed E-state index contributed by atoms with van der Waals surface area (Å²) in [6.07, 6.45) is -0.766. The number of carbonyl (C=O) groups is 2. The average molecular weight is 745 g/mol. The number of hydrogen-bond donors (Lipinski definition) is 0. The van der Waals surface area contributed by atoms with Gasteiger partial charge in [-0.15, -0.1) is 0 Å². The Morgan fingerprint density at radius 1 is 0.812 bits per heavy atom.